The quantitative estimate of drug-likeness (QED) is 0.850. The maximum absolute atomic E-state index is 12.7. The number of carbonyl (C=O) groups is 1. The molecule has 126 valence electrons. The molecule has 1 aromatic carbocycles. The molecule has 2 atom stereocenters. The Labute approximate surface area is 137 Å². The molecule has 6 nitrogen and oxygen atoms in total. The second kappa shape index (κ2) is 6.59. The van der Waals surface area contributed by atoms with Crippen molar-refractivity contribution >= 4 is 15.9 Å². The Morgan fingerprint density at radius 3 is 2.48 bits per heavy atom. The number of rotatable bonds is 3. The second-order valence-corrected chi connectivity index (χ2v) is 8.17. The van der Waals surface area contributed by atoms with Crippen molar-refractivity contribution in [2.45, 2.75) is 17.7 Å². The number of nitrogens with one attached hydrogen (secondary N) is 2. The average molecular weight is 337 g/mol. The molecule has 0 bridgehead atoms. The van der Waals surface area contributed by atoms with Gasteiger partial charge in [0.25, 0.3) is 5.91 Å². The predicted molar refractivity (Wildman–Crippen MR) is 87.7 cm³/mol. The van der Waals surface area contributed by atoms with Gasteiger partial charge in [0, 0.05) is 18.7 Å². The van der Waals surface area contributed by atoms with E-state index in [0.717, 1.165) is 39.0 Å². The molecule has 2 heterocycles. The van der Waals surface area contributed by atoms with Crippen molar-refractivity contribution in [2.24, 2.45) is 11.8 Å². The third-order valence-corrected chi connectivity index (χ3v) is 6.38. The second-order valence-electron chi connectivity index (χ2n) is 6.28. The minimum absolute atomic E-state index is 0.0777. The highest BCUT2D eigenvalue weighted by atomic mass is 32.2. The van der Waals surface area contributed by atoms with E-state index in [1.807, 2.05) is 4.90 Å². The standard InChI is InChI=1S/C16H23N3O3S/c1-17-23(21,22)15-4-2-3-12(9-15)16(20)19-7-5-13-10-18-11-14(13)6-8-19/h2-4,9,13-14,17-18H,5-8,10-11H2,1H3/t13-,14+. The Morgan fingerprint density at radius 2 is 1.87 bits per heavy atom. The van der Waals surface area contributed by atoms with Crippen LogP contribution in [0.2, 0.25) is 0 Å². The van der Waals surface area contributed by atoms with E-state index in [0.29, 0.717) is 17.4 Å². The summed E-state index contributed by atoms with van der Waals surface area (Å²) in [6, 6.07) is 6.26. The van der Waals surface area contributed by atoms with Gasteiger partial charge in [-0.25, -0.2) is 13.1 Å². The number of hydrogen-bond acceptors (Lipinski definition) is 4. The van der Waals surface area contributed by atoms with Gasteiger partial charge in [-0.3, -0.25) is 4.79 Å². The number of amides is 1. The third kappa shape index (κ3) is 3.41. The molecular formula is C16H23N3O3S. The van der Waals surface area contributed by atoms with E-state index in [1.54, 1.807) is 12.1 Å². The summed E-state index contributed by atoms with van der Waals surface area (Å²) in [7, 11) is -2.17. The zero-order valence-electron chi connectivity index (χ0n) is 13.3. The summed E-state index contributed by atoms with van der Waals surface area (Å²) in [5, 5.41) is 3.42. The first-order valence-corrected chi connectivity index (χ1v) is 9.53. The van der Waals surface area contributed by atoms with E-state index in [1.165, 1.54) is 19.2 Å². The fourth-order valence-electron chi connectivity index (χ4n) is 3.52. The van der Waals surface area contributed by atoms with E-state index in [9.17, 15) is 13.2 Å². The lowest BCUT2D eigenvalue weighted by molar-refractivity contribution is 0.0758. The Morgan fingerprint density at radius 1 is 1.22 bits per heavy atom. The highest BCUT2D eigenvalue weighted by Crippen LogP contribution is 2.27. The summed E-state index contributed by atoms with van der Waals surface area (Å²) >= 11 is 0. The van der Waals surface area contributed by atoms with Gasteiger partial charge in [0.15, 0.2) is 0 Å². The highest BCUT2D eigenvalue weighted by molar-refractivity contribution is 7.89. The van der Waals surface area contributed by atoms with Gasteiger partial charge in [-0.15, -0.1) is 0 Å². The molecule has 23 heavy (non-hydrogen) atoms. The van der Waals surface area contributed by atoms with Gasteiger partial charge in [-0.05, 0) is 63.0 Å². The first-order valence-electron chi connectivity index (χ1n) is 8.05. The fraction of sp³-hybridized carbons (Fsp3) is 0.562. The molecule has 2 N–H and O–H groups in total. The number of hydrogen-bond donors (Lipinski definition) is 2. The molecule has 1 amide bonds. The average Bonchev–Trinajstić information content (AvgIpc) is 2.93. The molecule has 2 fully saturated rings. The molecule has 0 radical (unpaired) electrons. The molecule has 1 aromatic rings. The molecule has 2 aliphatic heterocycles. The molecule has 2 aliphatic rings. The molecule has 7 heteroatoms. The van der Waals surface area contributed by atoms with Crippen LogP contribution in [-0.4, -0.2) is 52.5 Å². The van der Waals surface area contributed by atoms with Crippen molar-refractivity contribution in [2.75, 3.05) is 33.2 Å². The van der Waals surface area contributed by atoms with Crippen LogP contribution in [0.3, 0.4) is 0 Å². The third-order valence-electron chi connectivity index (χ3n) is 4.97. The van der Waals surface area contributed by atoms with Crippen molar-refractivity contribution < 1.29 is 13.2 Å². The monoisotopic (exact) mass is 337 g/mol. The predicted octanol–water partition coefficient (Wildman–Crippen LogP) is 0.666. The zero-order valence-corrected chi connectivity index (χ0v) is 14.1. The van der Waals surface area contributed by atoms with Crippen LogP contribution in [0, 0.1) is 11.8 Å². The summed E-state index contributed by atoms with van der Waals surface area (Å²) < 4.78 is 26.1. The number of nitrogens with zero attached hydrogens (tertiary/aromatic N) is 1. The summed E-state index contributed by atoms with van der Waals surface area (Å²) in [6.07, 6.45) is 2.02. The lowest BCUT2D eigenvalue weighted by atomic mass is 9.92. The first-order chi connectivity index (χ1) is 11.0. The smallest absolute Gasteiger partial charge is 0.253 e. The van der Waals surface area contributed by atoms with Crippen molar-refractivity contribution in [3.8, 4) is 0 Å². The maximum Gasteiger partial charge on any atom is 0.253 e. The van der Waals surface area contributed by atoms with Crippen LogP contribution < -0.4 is 10.0 Å². The molecular weight excluding hydrogens is 314 g/mol. The van der Waals surface area contributed by atoms with Gasteiger partial charge < -0.3 is 10.2 Å². The van der Waals surface area contributed by atoms with Crippen molar-refractivity contribution in [1.29, 1.82) is 0 Å². The minimum atomic E-state index is -3.53. The maximum atomic E-state index is 12.7. The Balaban J connectivity index is 1.77. The molecule has 0 unspecified atom stereocenters. The molecule has 0 saturated carbocycles. The van der Waals surface area contributed by atoms with Crippen molar-refractivity contribution in [3.63, 3.8) is 0 Å². The van der Waals surface area contributed by atoms with Gasteiger partial charge in [-0.2, -0.15) is 0 Å². The largest absolute Gasteiger partial charge is 0.339 e. The lowest BCUT2D eigenvalue weighted by Gasteiger charge is -2.21. The number of benzene rings is 1. The first kappa shape index (κ1) is 16.4. The Bertz CT molecular complexity index is 676. The molecule has 0 aliphatic carbocycles. The number of sulfonamides is 1. The van der Waals surface area contributed by atoms with Crippen LogP contribution in [0.5, 0.6) is 0 Å². The Hall–Kier alpha value is -1.44. The van der Waals surface area contributed by atoms with Crippen LogP contribution in [0.15, 0.2) is 29.2 Å². The molecule has 3 rings (SSSR count). The molecule has 0 aromatic heterocycles. The summed E-state index contributed by atoms with van der Waals surface area (Å²) in [6.45, 7) is 3.57. The SMILES string of the molecule is CNS(=O)(=O)c1cccc(C(=O)N2CC[C@@H]3CNC[C@@H]3CC2)c1. The van der Waals surface area contributed by atoms with Gasteiger partial charge in [-0.1, -0.05) is 6.07 Å². The van der Waals surface area contributed by atoms with E-state index in [2.05, 4.69) is 10.0 Å². The molecule has 2 saturated heterocycles. The summed E-state index contributed by atoms with van der Waals surface area (Å²) in [5.41, 5.74) is 0.437. The van der Waals surface area contributed by atoms with Crippen LogP contribution in [0.4, 0.5) is 0 Å². The summed E-state index contributed by atoms with van der Waals surface area (Å²) in [4.78, 5) is 14.7. The number of fused-ring (bicyclic) bond motifs is 1. The topological polar surface area (TPSA) is 78.5 Å². The lowest BCUT2D eigenvalue weighted by Crippen LogP contribution is -2.33. The molecule has 0 spiro atoms. The minimum Gasteiger partial charge on any atom is -0.339 e. The number of likely N-dealkylation sites (tertiary alicyclic amines) is 1. The van der Waals surface area contributed by atoms with Crippen LogP contribution in [-0.2, 0) is 10.0 Å². The van der Waals surface area contributed by atoms with Crippen LogP contribution >= 0.6 is 0 Å². The normalized spacial score (nSPS) is 25.0. The Kier molecular flexibility index (Phi) is 4.70. The fourth-order valence-corrected chi connectivity index (χ4v) is 4.29. The highest BCUT2D eigenvalue weighted by Gasteiger charge is 2.31. The zero-order chi connectivity index (χ0) is 16.4. The van der Waals surface area contributed by atoms with Gasteiger partial charge >= 0.3 is 0 Å². The van der Waals surface area contributed by atoms with Gasteiger partial charge in [0.1, 0.15) is 0 Å². The van der Waals surface area contributed by atoms with E-state index in [-0.39, 0.29) is 10.8 Å². The van der Waals surface area contributed by atoms with E-state index in [4.69, 9.17) is 0 Å². The van der Waals surface area contributed by atoms with Gasteiger partial charge in [0.2, 0.25) is 10.0 Å². The van der Waals surface area contributed by atoms with E-state index >= 15 is 0 Å². The van der Waals surface area contributed by atoms with Crippen LogP contribution in [0.25, 0.3) is 0 Å². The van der Waals surface area contributed by atoms with E-state index < -0.39 is 10.0 Å². The van der Waals surface area contributed by atoms with Crippen molar-refractivity contribution in [1.82, 2.24) is 14.9 Å². The van der Waals surface area contributed by atoms with Crippen molar-refractivity contribution in [3.05, 3.63) is 29.8 Å². The summed E-state index contributed by atoms with van der Waals surface area (Å²) in [5.74, 6) is 1.23. The van der Waals surface area contributed by atoms with Gasteiger partial charge in [0.05, 0.1) is 4.90 Å². The van der Waals surface area contributed by atoms with Crippen LogP contribution in [0.1, 0.15) is 23.2 Å². The number of carbonyl (C=O) groups excluding carboxylic acids is 1.